The number of rotatable bonds is 4. The molecule has 1 atom stereocenters. The number of hydrogen-bond donors (Lipinski definition) is 2. The van der Waals surface area contributed by atoms with Crippen LogP contribution in [0.5, 0.6) is 0 Å². The highest BCUT2D eigenvalue weighted by atomic mass is 32.2. The zero-order valence-electron chi connectivity index (χ0n) is 16.8. The monoisotopic (exact) mass is 429 g/mol. The average molecular weight is 429 g/mol. The van der Waals surface area contributed by atoms with Gasteiger partial charge in [-0.3, -0.25) is 9.78 Å². The lowest BCUT2D eigenvalue weighted by Gasteiger charge is -2.31. The van der Waals surface area contributed by atoms with Gasteiger partial charge in [0.1, 0.15) is 0 Å². The van der Waals surface area contributed by atoms with Crippen LogP contribution in [0.25, 0.3) is 11.1 Å². The van der Waals surface area contributed by atoms with Crippen molar-refractivity contribution in [3.8, 4) is 0 Å². The van der Waals surface area contributed by atoms with Gasteiger partial charge >= 0.3 is 5.76 Å². The number of anilines is 1. The van der Waals surface area contributed by atoms with Crippen molar-refractivity contribution in [1.29, 1.82) is 0 Å². The van der Waals surface area contributed by atoms with E-state index in [1.807, 2.05) is 32.0 Å². The van der Waals surface area contributed by atoms with Gasteiger partial charge in [-0.25, -0.2) is 13.2 Å². The van der Waals surface area contributed by atoms with Gasteiger partial charge in [0.2, 0.25) is 15.9 Å². The first-order valence-electron chi connectivity index (χ1n) is 9.75. The van der Waals surface area contributed by atoms with E-state index in [0.717, 1.165) is 16.8 Å². The van der Waals surface area contributed by atoms with Gasteiger partial charge in [0, 0.05) is 24.8 Å². The SMILES string of the molecule is Cc1ccc(NC(=O)C2CCCN(S(=O)(=O)c3ccc4[nH]c(=O)oc4c3)C2)c(C)c1. The zero-order valence-corrected chi connectivity index (χ0v) is 17.6. The molecule has 1 aliphatic heterocycles. The summed E-state index contributed by atoms with van der Waals surface area (Å²) in [5, 5.41) is 2.93. The van der Waals surface area contributed by atoms with Gasteiger partial charge in [-0.05, 0) is 50.5 Å². The third-order valence-electron chi connectivity index (χ3n) is 5.42. The summed E-state index contributed by atoms with van der Waals surface area (Å²) >= 11 is 0. The Hall–Kier alpha value is -2.91. The Kier molecular flexibility index (Phi) is 5.25. The van der Waals surface area contributed by atoms with Gasteiger partial charge in [-0.15, -0.1) is 0 Å². The number of aromatic amines is 1. The second kappa shape index (κ2) is 7.73. The van der Waals surface area contributed by atoms with Crippen molar-refractivity contribution in [3.05, 3.63) is 58.1 Å². The molecule has 2 N–H and O–H groups in total. The first-order chi connectivity index (χ1) is 14.2. The molecule has 0 bridgehead atoms. The van der Waals surface area contributed by atoms with E-state index in [0.29, 0.717) is 24.9 Å². The van der Waals surface area contributed by atoms with Gasteiger partial charge in [0.25, 0.3) is 0 Å². The minimum Gasteiger partial charge on any atom is -0.408 e. The predicted octanol–water partition coefficient (Wildman–Crippen LogP) is 2.78. The second-order valence-corrected chi connectivity index (χ2v) is 9.62. The topological polar surface area (TPSA) is 112 Å². The molecule has 1 unspecified atom stereocenters. The first-order valence-corrected chi connectivity index (χ1v) is 11.2. The maximum absolute atomic E-state index is 13.1. The molecule has 1 aliphatic rings. The van der Waals surface area contributed by atoms with Crippen LogP contribution in [0.1, 0.15) is 24.0 Å². The van der Waals surface area contributed by atoms with Crippen LogP contribution < -0.4 is 11.1 Å². The highest BCUT2D eigenvalue weighted by molar-refractivity contribution is 7.89. The fourth-order valence-electron chi connectivity index (χ4n) is 3.80. The van der Waals surface area contributed by atoms with E-state index < -0.39 is 21.7 Å². The van der Waals surface area contributed by atoms with Gasteiger partial charge in [-0.2, -0.15) is 4.31 Å². The van der Waals surface area contributed by atoms with Crippen molar-refractivity contribution in [3.63, 3.8) is 0 Å². The number of nitrogens with one attached hydrogen (secondary N) is 2. The maximum atomic E-state index is 13.1. The Balaban J connectivity index is 1.53. The number of amides is 1. The highest BCUT2D eigenvalue weighted by Gasteiger charge is 2.33. The zero-order chi connectivity index (χ0) is 21.5. The average Bonchev–Trinajstić information content (AvgIpc) is 3.09. The van der Waals surface area contributed by atoms with E-state index in [-0.39, 0.29) is 22.9 Å². The summed E-state index contributed by atoms with van der Waals surface area (Å²) in [6.07, 6.45) is 1.21. The maximum Gasteiger partial charge on any atom is 0.417 e. The van der Waals surface area contributed by atoms with E-state index in [2.05, 4.69) is 10.3 Å². The summed E-state index contributed by atoms with van der Waals surface area (Å²) in [5.41, 5.74) is 3.42. The summed E-state index contributed by atoms with van der Waals surface area (Å²) in [6, 6.07) is 10.0. The third kappa shape index (κ3) is 3.90. The van der Waals surface area contributed by atoms with Crippen LogP contribution in [0.15, 0.2) is 50.5 Å². The molecule has 2 aromatic carbocycles. The van der Waals surface area contributed by atoms with Crippen LogP contribution in [0, 0.1) is 19.8 Å². The molecule has 0 radical (unpaired) electrons. The van der Waals surface area contributed by atoms with E-state index in [4.69, 9.17) is 4.42 Å². The number of sulfonamides is 1. The normalized spacial score (nSPS) is 17.9. The number of aromatic nitrogens is 1. The molecule has 1 saturated heterocycles. The number of oxazole rings is 1. The van der Waals surface area contributed by atoms with Crippen molar-refractivity contribution in [2.75, 3.05) is 18.4 Å². The number of hydrogen-bond acceptors (Lipinski definition) is 5. The molecule has 3 aromatic rings. The second-order valence-electron chi connectivity index (χ2n) is 7.68. The van der Waals surface area contributed by atoms with Gasteiger partial charge in [0.15, 0.2) is 5.58 Å². The van der Waals surface area contributed by atoms with Crippen molar-refractivity contribution >= 4 is 32.7 Å². The Bertz CT molecular complexity index is 1280. The number of H-pyrrole nitrogens is 1. The summed E-state index contributed by atoms with van der Waals surface area (Å²) in [6.45, 7) is 4.35. The van der Waals surface area contributed by atoms with Crippen molar-refractivity contribution in [2.24, 2.45) is 5.92 Å². The highest BCUT2D eigenvalue weighted by Crippen LogP contribution is 2.27. The van der Waals surface area contributed by atoms with E-state index >= 15 is 0 Å². The molecule has 0 aliphatic carbocycles. The lowest BCUT2D eigenvalue weighted by Crippen LogP contribution is -2.43. The molecule has 9 heteroatoms. The van der Waals surface area contributed by atoms with Crippen molar-refractivity contribution in [2.45, 2.75) is 31.6 Å². The third-order valence-corrected chi connectivity index (χ3v) is 7.29. The van der Waals surface area contributed by atoms with Crippen LogP contribution >= 0.6 is 0 Å². The Morgan fingerprint density at radius 1 is 1.20 bits per heavy atom. The van der Waals surface area contributed by atoms with Crippen LogP contribution in [-0.4, -0.2) is 36.7 Å². The fraction of sp³-hybridized carbons (Fsp3) is 0.333. The predicted molar refractivity (Wildman–Crippen MR) is 113 cm³/mol. The largest absolute Gasteiger partial charge is 0.417 e. The molecule has 158 valence electrons. The number of piperidine rings is 1. The summed E-state index contributed by atoms with van der Waals surface area (Å²) < 4.78 is 32.5. The molecule has 2 heterocycles. The number of benzene rings is 2. The minimum absolute atomic E-state index is 0.0354. The molecule has 0 saturated carbocycles. The lowest BCUT2D eigenvalue weighted by molar-refractivity contribution is -0.120. The van der Waals surface area contributed by atoms with Crippen molar-refractivity contribution < 1.29 is 17.6 Å². The number of fused-ring (bicyclic) bond motifs is 1. The quantitative estimate of drug-likeness (QED) is 0.662. The van der Waals surface area contributed by atoms with Crippen molar-refractivity contribution in [1.82, 2.24) is 9.29 Å². The van der Waals surface area contributed by atoms with Gasteiger partial charge < -0.3 is 9.73 Å². The van der Waals surface area contributed by atoms with Crippen LogP contribution in [0.4, 0.5) is 5.69 Å². The Labute approximate surface area is 173 Å². The number of nitrogens with zero attached hydrogens (tertiary/aromatic N) is 1. The Morgan fingerprint density at radius 3 is 2.77 bits per heavy atom. The molecule has 30 heavy (non-hydrogen) atoms. The van der Waals surface area contributed by atoms with E-state index in [1.165, 1.54) is 22.5 Å². The van der Waals surface area contributed by atoms with Gasteiger partial charge in [-0.1, -0.05) is 17.7 Å². The molecule has 1 aromatic heterocycles. The summed E-state index contributed by atoms with van der Waals surface area (Å²) in [4.78, 5) is 26.7. The van der Waals surface area contributed by atoms with Crippen LogP contribution in [0.3, 0.4) is 0 Å². The van der Waals surface area contributed by atoms with Crippen LogP contribution in [0.2, 0.25) is 0 Å². The first kappa shape index (κ1) is 20.4. The fourth-order valence-corrected chi connectivity index (χ4v) is 5.34. The number of carbonyl (C=O) groups excluding carboxylic acids is 1. The number of carbonyl (C=O) groups is 1. The van der Waals surface area contributed by atoms with Gasteiger partial charge in [0.05, 0.1) is 16.3 Å². The molecular weight excluding hydrogens is 406 g/mol. The molecule has 1 fully saturated rings. The Morgan fingerprint density at radius 2 is 2.00 bits per heavy atom. The smallest absolute Gasteiger partial charge is 0.408 e. The molecule has 1 amide bonds. The standard InChI is InChI=1S/C21H23N3O5S/c1-13-5-7-17(14(2)10-13)22-20(25)15-4-3-9-24(12-15)30(27,28)16-6-8-18-19(11-16)29-21(26)23-18/h5-8,10-11,15H,3-4,9,12H2,1-2H3,(H,22,25)(H,23,26). The lowest BCUT2D eigenvalue weighted by atomic mass is 9.98. The molecule has 0 spiro atoms. The summed E-state index contributed by atoms with van der Waals surface area (Å²) in [7, 11) is -3.82. The summed E-state index contributed by atoms with van der Waals surface area (Å²) in [5.74, 6) is -1.27. The van der Waals surface area contributed by atoms with Crippen LogP contribution in [-0.2, 0) is 14.8 Å². The molecule has 8 nitrogen and oxygen atoms in total. The molecule has 4 rings (SSSR count). The minimum atomic E-state index is -3.82. The number of aryl methyl sites for hydroxylation is 2. The molecular formula is C21H23N3O5S. The van der Waals surface area contributed by atoms with E-state index in [1.54, 1.807) is 0 Å². The van der Waals surface area contributed by atoms with E-state index in [9.17, 15) is 18.0 Å².